The van der Waals surface area contributed by atoms with Gasteiger partial charge in [-0.3, -0.25) is 14.5 Å². The Bertz CT molecular complexity index is 1040. The Morgan fingerprint density at radius 3 is 2.58 bits per heavy atom. The van der Waals surface area contributed by atoms with Crippen molar-refractivity contribution in [2.24, 2.45) is 0 Å². The maximum Gasteiger partial charge on any atom is 0.303 e. The number of carboxylic acids is 1. The van der Waals surface area contributed by atoms with E-state index in [2.05, 4.69) is 4.98 Å². The number of rotatable bonds is 8. The van der Waals surface area contributed by atoms with Crippen molar-refractivity contribution >= 4 is 46.3 Å². The summed E-state index contributed by atoms with van der Waals surface area (Å²) in [6.45, 7) is 4.19. The van der Waals surface area contributed by atoms with Gasteiger partial charge < -0.3 is 10.2 Å². The number of carbonyl (C=O) groups is 2. The molecule has 0 aliphatic carbocycles. The number of aryl methyl sites for hydroxylation is 2. The third kappa shape index (κ3) is 5.71. The lowest BCUT2D eigenvalue weighted by Crippen LogP contribution is -2.29. The van der Waals surface area contributed by atoms with Crippen LogP contribution >= 0.6 is 24.0 Å². The Labute approximate surface area is 191 Å². The molecule has 2 heterocycles. The third-order valence-corrected chi connectivity index (χ3v) is 6.36. The van der Waals surface area contributed by atoms with Crippen LogP contribution < -0.4 is 0 Å². The van der Waals surface area contributed by atoms with Crippen molar-refractivity contribution in [3.05, 3.63) is 52.1 Å². The highest BCUT2D eigenvalue weighted by Gasteiger charge is 2.31. The average molecular weight is 457 g/mol. The van der Waals surface area contributed by atoms with E-state index >= 15 is 0 Å². The SMILES string of the molecule is Cc1cc(-c2cccc(/C=C3\SC(=S)N(CCCCCC(=O)O)C3=O)n2)cc(C)c1O. The highest BCUT2D eigenvalue weighted by molar-refractivity contribution is 8.26. The molecule has 0 spiro atoms. The second-order valence-electron chi connectivity index (χ2n) is 7.44. The van der Waals surface area contributed by atoms with Crippen molar-refractivity contribution in [3.8, 4) is 17.0 Å². The summed E-state index contributed by atoms with van der Waals surface area (Å²) in [5, 5.41) is 18.7. The molecule has 0 radical (unpaired) electrons. The maximum atomic E-state index is 12.8. The van der Waals surface area contributed by atoms with Crippen molar-refractivity contribution in [2.45, 2.75) is 39.5 Å². The van der Waals surface area contributed by atoms with Gasteiger partial charge in [-0.25, -0.2) is 4.98 Å². The van der Waals surface area contributed by atoms with Crippen LogP contribution in [-0.2, 0) is 9.59 Å². The molecule has 6 nitrogen and oxygen atoms in total. The molecule has 8 heteroatoms. The number of aromatic hydroxyl groups is 1. The summed E-state index contributed by atoms with van der Waals surface area (Å²) < 4.78 is 0.510. The second kappa shape index (κ2) is 10.1. The van der Waals surface area contributed by atoms with E-state index < -0.39 is 5.97 Å². The largest absolute Gasteiger partial charge is 0.507 e. The number of thioether (sulfide) groups is 1. The number of phenolic OH excluding ortho intramolecular Hbond substituents is 1. The number of aromatic nitrogens is 1. The summed E-state index contributed by atoms with van der Waals surface area (Å²) in [4.78, 5) is 30.1. The molecule has 0 bridgehead atoms. The molecule has 162 valence electrons. The van der Waals surface area contributed by atoms with E-state index in [0.29, 0.717) is 34.3 Å². The van der Waals surface area contributed by atoms with E-state index in [-0.39, 0.29) is 18.1 Å². The van der Waals surface area contributed by atoms with E-state index in [1.165, 1.54) is 11.8 Å². The van der Waals surface area contributed by atoms with Gasteiger partial charge in [-0.05, 0) is 68.2 Å². The quantitative estimate of drug-likeness (QED) is 0.331. The Morgan fingerprint density at radius 2 is 1.90 bits per heavy atom. The molecule has 1 amide bonds. The highest BCUT2D eigenvalue weighted by Crippen LogP contribution is 2.33. The number of nitrogens with zero attached hydrogens (tertiary/aromatic N) is 2. The van der Waals surface area contributed by atoms with Crippen molar-refractivity contribution < 1.29 is 19.8 Å². The van der Waals surface area contributed by atoms with Crippen molar-refractivity contribution in [3.63, 3.8) is 0 Å². The van der Waals surface area contributed by atoms with Gasteiger partial charge in [-0.15, -0.1) is 0 Å². The summed E-state index contributed by atoms with van der Waals surface area (Å²) in [6, 6.07) is 9.39. The van der Waals surface area contributed by atoms with Crippen LogP contribution in [0, 0.1) is 13.8 Å². The fourth-order valence-electron chi connectivity index (χ4n) is 3.35. The number of carboxylic acid groups (broad SMARTS) is 1. The van der Waals surface area contributed by atoms with Gasteiger partial charge in [-0.2, -0.15) is 0 Å². The monoisotopic (exact) mass is 456 g/mol. The fraction of sp³-hybridized carbons (Fsp3) is 0.304. The number of aliphatic carboxylic acids is 1. The number of thiocarbonyl (C=S) groups is 1. The lowest BCUT2D eigenvalue weighted by atomic mass is 10.0. The third-order valence-electron chi connectivity index (χ3n) is 4.98. The Morgan fingerprint density at radius 1 is 1.19 bits per heavy atom. The summed E-state index contributed by atoms with van der Waals surface area (Å²) in [5.74, 6) is -0.663. The number of pyridine rings is 1. The first kappa shape index (κ1) is 23.0. The van der Waals surface area contributed by atoms with Gasteiger partial charge in [0.1, 0.15) is 10.1 Å². The van der Waals surface area contributed by atoms with Crippen molar-refractivity contribution in [2.75, 3.05) is 6.54 Å². The number of benzene rings is 1. The van der Waals surface area contributed by atoms with Crippen LogP contribution in [0.4, 0.5) is 0 Å². The molecular weight excluding hydrogens is 432 g/mol. The molecule has 1 aliphatic heterocycles. The molecule has 2 N–H and O–H groups in total. The standard InChI is InChI=1S/C23H24N2O4S2/c1-14-11-16(12-15(2)21(14)28)18-8-6-7-17(24-18)13-19-22(29)25(23(30)31-19)10-5-3-4-9-20(26)27/h6-8,11-13,28H,3-5,9-10H2,1-2H3,(H,26,27)/b19-13-. The predicted octanol–water partition coefficient (Wildman–Crippen LogP) is 4.92. The minimum absolute atomic E-state index is 0.139. The molecule has 31 heavy (non-hydrogen) atoms. The fourth-order valence-corrected chi connectivity index (χ4v) is 4.64. The van der Waals surface area contributed by atoms with Crippen LogP contribution in [0.25, 0.3) is 17.3 Å². The normalized spacial score (nSPS) is 15.2. The predicted molar refractivity (Wildman–Crippen MR) is 127 cm³/mol. The van der Waals surface area contributed by atoms with Gasteiger partial charge in [0.15, 0.2) is 0 Å². The van der Waals surface area contributed by atoms with Crippen LogP contribution in [0.5, 0.6) is 5.75 Å². The number of phenols is 1. The first-order valence-corrected chi connectivity index (χ1v) is 11.2. The second-order valence-corrected chi connectivity index (χ2v) is 9.12. The first-order chi connectivity index (χ1) is 14.8. The molecule has 1 saturated heterocycles. The minimum atomic E-state index is -0.805. The van der Waals surface area contributed by atoms with Gasteiger partial charge in [0, 0.05) is 18.5 Å². The lowest BCUT2D eigenvalue weighted by Gasteiger charge is -2.13. The Kier molecular flexibility index (Phi) is 7.46. The summed E-state index contributed by atoms with van der Waals surface area (Å²) in [5.41, 5.74) is 3.88. The average Bonchev–Trinajstić information content (AvgIpc) is 2.98. The number of hydrogen-bond donors (Lipinski definition) is 2. The van der Waals surface area contributed by atoms with Crippen LogP contribution in [0.1, 0.15) is 42.5 Å². The minimum Gasteiger partial charge on any atom is -0.507 e. The summed E-state index contributed by atoms with van der Waals surface area (Å²) >= 11 is 6.62. The van der Waals surface area contributed by atoms with E-state index in [1.54, 1.807) is 11.0 Å². The van der Waals surface area contributed by atoms with Gasteiger partial charge >= 0.3 is 5.97 Å². The summed E-state index contributed by atoms with van der Waals surface area (Å²) in [7, 11) is 0. The zero-order valence-corrected chi connectivity index (χ0v) is 19.1. The summed E-state index contributed by atoms with van der Waals surface area (Å²) in [6.07, 6.45) is 3.92. The maximum absolute atomic E-state index is 12.8. The van der Waals surface area contributed by atoms with E-state index in [4.69, 9.17) is 17.3 Å². The molecule has 2 aromatic rings. The molecular formula is C23H24N2O4S2. The van der Waals surface area contributed by atoms with Crippen molar-refractivity contribution in [1.82, 2.24) is 9.88 Å². The zero-order chi connectivity index (χ0) is 22.5. The van der Waals surface area contributed by atoms with E-state index in [1.807, 2.05) is 44.2 Å². The number of unbranched alkanes of at least 4 members (excludes halogenated alkanes) is 2. The number of amides is 1. The van der Waals surface area contributed by atoms with Crippen LogP contribution in [0.3, 0.4) is 0 Å². The van der Waals surface area contributed by atoms with Gasteiger partial charge in [0.2, 0.25) is 0 Å². The van der Waals surface area contributed by atoms with Gasteiger partial charge in [0.05, 0.1) is 16.3 Å². The zero-order valence-electron chi connectivity index (χ0n) is 17.4. The topological polar surface area (TPSA) is 90.7 Å². The molecule has 1 aliphatic rings. The van der Waals surface area contributed by atoms with E-state index in [9.17, 15) is 14.7 Å². The molecule has 1 aromatic heterocycles. The molecule has 1 aromatic carbocycles. The van der Waals surface area contributed by atoms with Crippen molar-refractivity contribution in [1.29, 1.82) is 0 Å². The molecule has 3 rings (SSSR count). The highest BCUT2D eigenvalue weighted by atomic mass is 32.2. The Hall–Kier alpha value is -2.71. The Balaban J connectivity index is 1.72. The van der Waals surface area contributed by atoms with E-state index in [0.717, 1.165) is 28.8 Å². The van der Waals surface area contributed by atoms with Crippen LogP contribution in [-0.4, -0.2) is 42.8 Å². The van der Waals surface area contributed by atoms with Gasteiger partial charge in [-0.1, -0.05) is 36.5 Å². The smallest absolute Gasteiger partial charge is 0.303 e. The number of hydrogen-bond acceptors (Lipinski definition) is 6. The number of carbonyl (C=O) groups excluding carboxylic acids is 1. The first-order valence-electron chi connectivity index (χ1n) is 10.0. The molecule has 0 unspecified atom stereocenters. The van der Waals surface area contributed by atoms with Crippen LogP contribution in [0.2, 0.25) is 0 Å². The van der Waals surface area contributed by atoms with Gasteiger partial charge in [0.25, 0.3) is 5.91 Å². The molecule has 0 saturated carbocycles. The lowest BCUT2D eigenvalue weighted by molar-refractivity contribution is -0.137. The molecule has 0 atom stereocenters. The van der Waals surface area contributed by atoms with Crippen LogP contribution in [0.15, 0.2) is 35.2 Å². The molecule has 1 fully saturated rings.